The summed E-state index contributed by atoms with van der Waals surface area (Å²) in [5.74, 6) is -1.14. The molecule has 1 aromatic rings. The summed E-state index contributed by atoms with van der Waals surface area (Å²) >= 11 is 0. The first-order valence-electron chi connectivity index (χ1n) is 14.8. The fraction of sp³-hybridized carbons (Fsp3) is 0.710. The zero-order chi connectivity index (χ0) is 28.5. The molecule has 2 aliphatic heterocycles. The van der Waals surface area contributed by atoms with Gasteiger partial charge in [0.05, 0.1) is 18.3 Å². The van der Waals surface area contributed by atoms with Crippen molar-refractivity contribution < 1.29 is 42.4 Å². The van der Waals surface area contributed by atoms with Crippen molar-refractivity contribution in [2.45, 2.75) is 102 Å². The molecule has 224 valence electrons. The minimum atomic E-state index is -0.644. The zero-order valence-corrected chi connectivity index (χ0v) is 23.6. The highest BCUT2D eigenvalue weighted by Gasteiger charge is 2.43. The van der Waals surface area contributed by atoms with Gasteiger partial charge in [0.15, 0.2) is 17.9 Å². The molecular weight excluding hydrogens is 522 g/mol. The Morgan fingerprint density at radius 3 is 2.80 bits per heavy atom. The van der Waals surface area contributed by atoms with E-state index in [1.165, 1.54) is 0 Å². The molecule has 2 heterocycles. The molecule has 0 spiro atoms. The highest BCUT2D eigenvalue weighted by Crippen LogP contribution is 2.42. The van der Waals surface area contributed by atoms with E-state index in [-0.39, 0.29) is 42.4 Å². The van der Waals surface area contributed by atoms with E-state index in [4.69, 9.17) is 23.7 Å². The number of esters is 1. The first-order chi connectivity index (χ1) is 19.3. The predicted molar refractivity (Wildman–Crippen MR) is 145 cm³/mol. The lowest BCUT2D eigenvalue weighted by Gasteiger charge is -2.27. The number of fused-ring (bicyclic) bond motifs is 1. The average molecular weight is 567 g/mol. The molecule has 1 N–H and O–H groups in total. The van der Waals surface area contributed by atoms with E-state index in [9.17, 15) is 18.7 Å². The fourth-order valence-corrected chi connectivity index (χ4v) is 5.97. The smallest absolute Gasteiger partial charge is 0.306 e. The Kier molecular flexibility index (Phi) is 11.8. The third-order valence-electron chi connectivity index (χ3n) is 8.01. The summed E-state index contributed by atoms with van der Waals surface area (Å²) in [5, 5.41) is 10.9. The quantitative estimate of drug-likeness (QED) is 0.256. The molecule has 0 aromatic heterocycles. The number of benzene rings is 1. The normalized spacial score (nSPS) is 29.8. The molecule has 3 fully saturated rings. The first-order valence-corrected chi connectivity index (χ1v) is 14.8. The number of aliphatic hydroxyl groups excluding tert-OH is 1. The predicted octanol–water partition coefficient (Wildman–Crippen LogP) is 5.73. The van der Waals surface area contributed by atoms with E-state index in [2.05, 4.69) is 0 Å². The minimum absolute atomic E-state index is 0.0224. The van der Waals surface area contributed by atoms with Crippen LogP contribution in [0.15, 0.2) is 30.4 Å². The van der Waals surface area contributed by atoms with E-state index >= 15 is 0 Å². The van der Waals surface area contributed by atoms with Gasteiger partial charge in [0, 0.05) is 38.0 Å². The Bertz CT molecular complexity index is 965. The van der Waals surface area contributed by atoms with Gasteiger partial charge in [0.1, 0.15) is 18.5 Å². The second-order valence-electron chi connectivity index (χ2n) is 11.5. The standard InChI is InChI=1S/C31H44F2O7/c1-20(2)39-30(35)7-5-6-21-9-12-25-24(27(34)17-28(25)37-18-21)13-11-23(40-31-8-3-4-15-36-31)19-38-29-16-22(32)10-14-26(29)33/h10-11,13-14,16,20-21,23-25,27-28,31,34H,3-9,12,15,17-19H2,1-2H3/t21-,23+,24+,25+,27-,28-,31?/m0/s1. The molecule has 2 saturated heterocycles. The van der Waals surface area contributed by atoms with Crippen LogP contribution in [0.3, 0.4) is 0 Å². The van der Waals surface area contributed by atoms with Gasteiger partial charge < -0.3 is 28.8 Å². The van der Waals surface area contributed by atoms with Crippen LogP contribution in [0.4, 0.5) is 8.78 Å². The van der Waals surface area contributed by atoms with Crippen molar-refractivity contribution in [3.05, 3.63) is 42.0 Å². The molecule has 1 saturated carbocycles. The number of halogens is 2. The van der Waals surface area contributed by atoms with Crippen molar-refractivity contribution in [2.24, 2.45) is 17.8 Å². The Balaban J connectivity index is 1.35. The lowest BCUT2D eigenvalue weighted by Crippen LogP contribution is -2.31. The maximum Gasteiger partial charge on any atom is 0.306 e. The molecule has 4 rings (SSSR count). The van der Waals surface area contributed by atoms with Crippen molar-refractivity contribution in [3.8, 4) is 5.75 Å². The molecule has 40 heavy (non-hydrogen) atoms. The van der Waals surface area contributed by atoms with Crippen LogP contribution in [0.25, 0.3) is 0 Å². The summed E-state index contributed by atoms with van der Waals surface area (Å²) in [6.07, 6.45) is 9.45. The molecule has 7 atom stereocenters. The molecule has 1 aliphatic carbocycles. The van der Waals surface area contributed by atoms with Crippen molar-refractivity contribution in [2.75, 3.05) is 19.8 Å². The van der Waals surface area contributed by atoms with Crippen molar-refractivity contribution in [1.82, 2.24) is 0 Å². The molecular formula is C31H44F2O7. The lowest BCUT2D eigenvalue weighted by molar-refractivity contribution is -0.183. The van der Waals surface area contributed by atoms with Gasteiger partial charge in [-0.15, -0.1) is 0 Å². The van der Waals surface area contributed by atoms with Crippen molar-refractivity contribution in [3.63, 3.8) is 0 Å². The second kappa shape index (κ2) is 15.2. The van der Waals surface area contributed by atoms with Crippen molar-refractivity contribution >= 4 is 5.97 Å². The summed E-state index contributed by atoms with van der Waals surface area (Å²) < 4.78 is 56.7. The summed E-state index contributed by atoms with van der Waals surface area (Å²) in [6.45, 7) is 4.92. The largest absolute Gasteiger partial charge is 0.487 e. The number of rotatable bonds is 12. The van der Waals surface area contributed by atoms with Gasteiger partial charge in [0.2, 0.25) is 0 Å². The van der Waals surface area contributed by atoms with Crippen LogP contribution < -0.4 is 4.74 Å². The number of carbonyl (C=O) groups is 1. The maximum atomic E-state index is 14.1. The molecule has 0 radical (unpaired) electrons. The lowest BCUT2D eigenvalue weighted by atomic mass is 9.86. The molecule has 0 amide bonds. The highest BCUT2D eigenvalue weighted by atomic mass is 19.1. The molecule has 0 bridgehead atoms. The molecule has 1 unspecified atom stereocenters. The monoisotopic (exact) mass is 566 g/mol. The summed E-state index contributed by atoms with van der Waals surface area (Å²) in [4.78, 5) is 11.9. The minimum Gasteiger partial charge on any atom is -0.487 e. The number of hydrogen-bond donors (Lipinski definition) is 1. The van der Waals surface area contributed by atoms with Crippen LogP contribution in [0.2, 0.25) is 0 Å². The van der Waals surface area contributed by atoms with E-state index in [1.54, 1.807) is 0 Å². The van der Waals surface area contributed by atoms with Gasteiger partial charge >= 0.3 is 5.97 Å². The maximum absolute atomic E-state index is 14.1. The van der Waals surface area contributed by atoms with Crippen LogP contribution in [0.5, 0.6) is 5.75 Å². The number of carbonyl (C=O) groups excluding carboxylic acids is 1. The molecule has 7 nitrogen and oxygen atoms in total. The van der Waals surface area contributed by atoms with E-state index < -0.39 is 30.1 Å². The third-order valence-corrected chi connectivity index (χ3v) is 8.01. The SMILES string of the molecule is CC(C)OC(=O)CCC[C@H]1CC[C@@H]2[C@@H](C=C[C@H](COc3cc(F)ccc3F)OC3CCCCO3)[C@@H](O)C[C@@H]2OC1. The molecule has 1 aromatic carbocycles. The van der Waals surface area contributed by atoms with E-state index in [1.807, 2.05) is 26.0 Å². The fourth-order valence-electron chi connectivity index (χ4n) is 5.97. The second-order valence-corrected chi connectivity index (χ2v) is 11.5. The van der Waals surface area contributed by atoms with Crippen molar-refractivity contribution in [1.29, 1.82) is 0 Å². The Labute approximate surface area is 236 Å². The van der Waals surface area contributed by atoms with Crippen LogP contribution >= 0.6 is 0 Å². The summed E-state index contributed by atoms with van der Waals surface area (Å²) in [6, 6.07) is 3.10. The Hall–Kier alpha value is -2.07. The number of aliphatic hydroxyl groups is 1. The highest BCUT2D eigenvalue weighted by molar-refractivity contribution is 5.69. The van der Waals surface area contributed by atoms with Gasteiger partial charge in [-0.05, 0) is 82.8 Å². The average Bonchev–Trinajstić information content (AvgIpc) is 3.08. The van der Waals surface area contributed by atoms with E-state index in [0.717, 1.165) is 63.1 Å². The number of hydrogen-bond acceptors (Lipinski definition) is 7. The van der Waals surface area contributed by atoms with Crippen LogP contribution in [-0.2, 0) is 23.7 Å². The van der Waals surface area contributed by atoms with Gasteiger partial charge in [-0.3, -0.25) is 4.79 Å². The number of ether oxygens (including phenoxy) is 5. The van der Waals surface area contributed by atoms with Gasteiger partial charge in [-0.2, -0.15) is 0 Å². The molecule has 9 heteroatoms. The Morgan fingerprint density at radius 2 is 2.02 bits per heavy atom. The van der Waals surface area contributed by atoms with Gasteiger partial charge in [0.25, 0.3) is 0 Å². The summed E-state index contributed by atoms with van der Waals surface area (Å²) in [5.41, 5.74) is 0. The van der Waals surface area contributed by atoms with E-state index in [0.29, 0.717) is 32.0 Å². The first kappa shape index (κ1) is 30.9. The summed E-state index contributed by atoms with van der Waals surface area (Å²) in [7, 11) is 0. The third kappa shape index (κ3) is 9.23. The van der Waals surface area contributed by atoms with Gasteiger partial charge in [-0.25, -0.2) is 8.78 Å². The van der Waals surface area contributed by atoms with Crippen LogP contribution in [0.1, 0.15) is 71.6 Å². The van der Waals surface area contributed by atoms with Crippen LogP contribution in [-0.4, -0.2) is 61.6 Å². The Morgan fingerprint density at radius 1 is 1.18 bits per heavy atom. The topological polar surface area (TPSA) is 83.5 Å². The zero-order valence-electron chi connectivity index (χ0n) is 23.6. The van der Waals surface area contributed by atoms with Crippen LogP contribution in [0, 0.1) is 29.4 Å². The molecule has 3 aliphatic rings. The van der Waals surface area contributed by atoms with Gasteiger partial charge in [-0.1, -0.05) is 12.2 Å².